The first-order valence-electron chi connectivity index (χ1n) is 4.52. The van der Waals surface area contributed by atoms with Crippen LogP contribution in [0.5, 0.6) is 5.75 Å². The van der Waals surface area contributed by atoms with Crippen LogP contribution in [0.25, 0.3) is 0 Å². The fraction of sp³-hybridized carbons (Fsp3) is 0.273. The Balaban J connectivity index is 2.57. The molecule has 0 saturated carbocycles. The lowest BCUT2D eigenvalue weighted by Crippen LogP contribution is -2.14. The average molecular weight is 246 g/mol. The summed E-state index contributed by atoms with van der Waals surface area (Å²) in [5, 5.41) is 4.15. The highest BCUT2D eigenvalue weighted by atomic mass is 35.5. The Hall–Kier alpha value is -0.700. The summed E-state index contributed by atoms with van der Waals surface area (Å²) >= 11 is 11.7. The van der Waals surface area contributed by atoms with Crippen LogP contribution >= 0.6 is 23.2 Å². The monoisotopic (exact) mass is 245 g/mol. The molecule has 0 aliphatic carbocycles. The number of benzene rings is 1. The molecule has 0 saturated heterocycles. The fourth-order valence-electron chi connectivity index (χ4n) is 1.07. The van der Waals surface area contributed by atoms with Gasteiger partial charge in [-0.3, -0.25) is 0 Å². The lowest BCUT2D eigenvalue weighted by molar-refractivity contribution is 0.349. The van der Waals surface area contributed by atoms with Crippen molar-refractivity contribution in [1.29, 1.82) is 0 Å². The average Bonchev–Trinajstić information content (AvgIpc) is 2.20. The topological polar surface area (TPSA) is 21.3 Å². The molecule has 0 spiro atoms. The minimum Gasteiger partial charge on any atom is -0.488 e. The van der Waals surface area contributed by atoms with Gasteiger partial charge >= 0.3 is 0 Å². The van der Waals surface area contributed by atoms with Crippen LogP contribution in [0.1, 0.15) is 0 Å². The van der Waals surface area contributed by atoms with Crippen molar-refractivity contribution in [2.75, 3.05) is 20.2 Å². The largest absolute Gasteiger partial charge is 0.488 e. The van der Waals surface area contributed by atoms with Gasteiger partial charge in [0.25, 0.3) is 0 Å². The van der Waals surface area contributed by atoms with E-state index in [1.807, 2.05) is 7.05 Å². The predicted octanol–water partition coefficient (Wildman–Crippen LogP) is 3.15. The van der Waals surface area contributed by atoms with E-state index in [9.17, 15) is 0 Å². The van der Waals surface area contributed by atoms with Crippen molar-refractivity contribution in [3.8, 4) is 5.75 Å². The first kappa shape index (κ1) is 12.4. The van der Waals surface area contributed by atoms with E-state index < -0.39 is 0 Å². The summed E-state index contributed by atoms with van der Waals surface area (Å²) in [6.45, 7) is 5.00. The van der Waals surface area contributed by atoms with Gasteiger partial charge in [0.1, 0.15) is 12.4 Å². The highest BCUT2D eigenvalue weighted by molar-refractivity contribution is 6.34. The van der Waals surface area contributed by atoms with Crippen molar-refractivity contribution in [2.45, 2.75) is 0 Å². The van der Waals surface area contributed by atoms with Crippen LogP contribution in [-0.2, 0) is 0 Å². The first-order chi connectivity index (χ1) is 7.13. The molecule has 0 atom stereocenters. The zero-order chi connectivity index (χ0) is 11.3. The Morgan fingerprint density at radius 1 is 1.47 bits per heavy atom. The van der Waals surface area contributed by atoms with E-state index in [1.165, 1.54) is 0 Å². The second-order valence-corrected chi connectivity index (χ2v) is 3.99. The molecule has 1 aromatic carbocycles. The normalized spacial score (nSPS) is 10.1. The molecule has 0 aliphatic rings. The minimum atomic E-state index is 0.431. The second-order valence-electron chi connectivity index (χ2n) is 3.14. The summed E-state index contributed by atoms with van der Waals surface area (Å²) in [7, 11) is 1.86. The third kappa shape index (κ3) is 4.12. The molecule has 15 heavy (non-hydrogen) atoms. The quantitative estimate of drug-likeness (QED) is 0.806. The van der Waals surface area contributed by atoms with Gasteiger partial charge in [-0.05, 0) is 24.8 Å². The van der Waals surface area contributed by atoms with E-state index in [-0.39, 0.29) is 0 Å². The molecule has 0 fully saturated rings. The number of nitrogens with one attached hydrogen (secondary N) is 1. The Morgan fingerprint density at radius 3 is 2.87 bits per heavy atom. The number of halogens is 2. The van der Waals surface area contributed by atoms with Crippen LogP contribution < -0.4 is 10.1 Å². The summed E-state index contributed by atoms with van der Waals surface area (Å²) in [4.78, 5) is 0. The van der Waals surface area contributed by atoms with Gasteiger partial charge in [-0.15, -0.1) is 0 Å². The predicted molar refractivity (Wildman–Crippen MR) is 65.0 cm³/mol. The number of hydrogen-bond donors (Lipinski definition) is 1. The smallest absolute Gasteiger partial charge is 0.139 e. The SMILES string of the molecule is C=C(CNC)COc1cc(Cl)ccc1Cl. The molecular weight excluding hydrogens is 233 g/mol. The van der Waals surface area contributed by atoms with Crippen LogP contribution in [-0.4, -0.2) is 20.2 Å². The van der Waals surface area contributed by atoms with Crippen LogP contribution in [0.15, 0.2) is 30.4 Å². The molecule has 1 N–H and O–H groups in total. The van der Waals surface area contributed by atoms with Crippen molar-refractivity contribution in [3.05, 3.63) is 40.4 Å². The molecule has 2 nitrogen and oxygen atoms in total. The summed E-state index contributed by atoms with van der Waals surface area (Å²) in [6, 6.07) is 5.12. The van der Waals surface area contributed by atoms with Crippen molar-refractivity contribution >= 4 is 23.2 Å². The highest BCUT2D eigenvalue weighted by Crippen LogP contribution is 2.27. The van der Waals surface area contributed by atoms with Gasteiger partial charge in [-0.25, -0.2) is 0 Å². The standard InChI is InChI=1S/C11H13Cl2NO/c1-8(6-14-2)7-15-11-5-9(12)3-4-10(11)13/h3-5,14H,1,6-7H2,2H3. The molecule has 0 heterocycles. The third-order valence-corrected chi connectivity index (χ3v) is 2.30. The summed E-state index contributed by atoms with van der Waals surface area (Å²) in [5.41, 5.74) is 0.952. The number of rotatable bonds is 5. The Kier molecular flexibility index (Phi) is 4.95. The maximum absolute atomic E-state index is 5.93. The molecule has 4 heteroatoms. The number of ether oxygens (including phenoxy) is 1. The van der Waals surface area contributed by atoms with Crippen LogP contribution in [0.3, 0.4) is 0 Å². The summed E-state index contributed by atoms with van der Waals surface area (Å²) in [5.74, 6) is 0.585. The van der Waals surface area contributed by atoms with E-state index in [0.29, 0.717) is 22.4 Å². The summed E-state index contributed by atoms with van der Waals surface area (Å²) < 4.78 is 5.48. The van der Waals surface area contributed by atoms with E-state index in [0.717, 1.165) is 12.1 Å². The maximum atomic E-state index is 5.93. The van der Waals surface area contributed by atoms with Gasteiger partial charge in [0, 0.05) is 17.6 Å². The van der Waals surface area contributed by atoms with E-state index in [2.05, 4.69) is 11.9 Å². The van der Waals surface area contributed by atoms with Gasteiger partial charge in [-0.2, -0.15) is 0 Å². The van der Waals surface area contributed by atoms with E-state index in [4.69, 9.17) is 27.9 Å². The molecule has 1 aromatic rings. The van der Waals surface area contributed by atoms with Crippen molar-refractivity contribution in [2.24, 2.45) is 0 Å². The molecule has 0 bridgehead atoms. The summed E-state index contributed by atoms with van der Waals surface area (Å²) in [6.07, 6.45) is 0. The molecule has 0 aliphatic heterocycles. The van der Waals surface area contributed by atoms with Crippen molar-refractivity contribution < 1.29 is 4.74 Å². The zero-order valence-electron chi connectivity index (χ0n) is 8.52. The molecule has 0 unspecified atom stereocenters. The van der Waals surface area contributed by atoms with Gasteiger partial charge < -0.3 is 10.1 Å². The van der Waals surface area contributed by atoms with Gasteiger partial charge in [0.2, 0.25) is 0 Å². The molecule has 1 rings (SSSR count). The fourth-order valence-corrected chi connectivity index (χ4v) is 1.40. The van der Waals surface area contributed by atoms with Crippen molar-refractivity contribution in [1.82, 2.24) is 5.32 Å². The number of hydrogen-bond acceptors (Lipinski definition) is 2. The first-order valence-corrected chi connectivity index (χ1v) is 5.28. The Labute approximate surface area is 99.8 Å². The maximum Gasteiger partial charge on any atom is 0.139 e. The van der Waals surface area contributed by atoms with Crippen molar-refractivity contribution in [3.63, 3.8) is 0 Å². The number of likely N-dealkylation sites (N-methyl/N-ethyl adjacent to an activating group) is 1. The molecule has 0 radical (unpaired) electrons. The van der Waals surface area contributed by atoms with Gasteiger partial charge in [0.05, 0.1) is 5.02 Å². The molecule has 82 valence electrons. The van der Waals surface area contributed by atoms with Gasteiger partial charge in [0.15, 0.2) is 0 Å². The molecule has 0 aromatic heterocycles. The van der Waals surface area contributed by atoms with E-state index >= 15 is 0 Å². The third-order valence-electron chi connectivity index (χ3n) is 1.75. The van der Waals surface area contributed by atoms with E-state index in [1.54, 1.807) is 18.2 Å². The van der Waals surface area contributed by atoms with Crippen LogP contribution in [0, 0.1) is 0 Å². The Bertz CT molecular complexity index is 352. The minimum absolute atomic E-state index is 0.431. The van der Waals surface area contributed by atoms with Crippen LogP contribution in [0.2, 0.25) is 10.0 Å². The zero-order valence-corrected chi connectivity index (χ0v) is 10.0. The molecule has 0 amide bonds. The molecular formula is C11H13Cl2NO. The Morgan fingerprint density at radius 2 is 2.20 bits per heavy atom. The highest BCUT2D eigenvalue weighted by Gasteiger charge is 2.03. The second kappa shape index (κ2) is 6.01. The lowest BCUT2D eigenvalue weighted by atomic mass is 10.3. The van der Waals surface area contributed by atoms with Gasteiger partial charge in [-0.1, -0.05) is 29.8 Å². The lowest BCUT2D eigenvalue weighted by Gasteiger charge is -2.09. The van der Waals surface area contributed by atoms with Crippen LogP contribution in [0.4, 0.5) is 0 Å².